The van der Waals surface area contributed by atoms with Crippen LogP contribution in [0.1, 0.15) is 0 Å². The van der Waals surface area contributed by atoms with Crippen molar-refractivity contribution < 1.29 is 4.42 Å². The monoisotopic (exact) mass is 676 g/mol. The minimum atomic E-state index is 0.675. The number of fused-ring (bicyclic) bond motifs is 4. The van der Waals surface area contributed by atoms with Gasteiger partial charge in [0, 0.05) is 33.0 Å². The van der Waals surface area contributed by atoms with Crippen molar-refractivity contribution >= 4 is 32.7 Å². The van der Waals surface area contributed by atoms with Crippen LogP contribution in [-0.4, -0.2) is 9.97 Å². The van der Waals surface area contributed by atoms with E-state index in [0.717, 1.165) is 83.4 Å². The zero-order valence-electron chi connectivity index (χ0n) is 28.8. The Morgan fingerprint density at radius 1 is 0.321 bits per heavy atom. The largest absolute Gasteiger partial charge is 0.455 e. The van der Waals surface area contributed by atoms with Gasteiger partial charge >= 0.3 is 0 Å². The third-order valence-electron chi connectivity index (χ3n) is 10.1. The van der Waals surface area contributed by atoms with Crippen LogP contribution in [0.15, 0.2) is 199 Å². The minimum Gasteiger partial charge on any atom is -0.455 e. The maximum absolute atomic E-state index is 6.54. The summed E-state index contributed by atoms with van der Waals surface area (Å²) >= 11 is 0. The topological polar surface area (TPSA) is 38.9 Å². The number of hydrogen-bond acceptors (Lipinski definition) is 3. The number of para-hydroxylation sites is 2. The van der Waals surface area contributed by atoms with Gasteiger partial charge in [0.1, 0.15) is 11.2 Å². The molecule has 0 aliphatic rings. The van der Waals surface area contributed by atoms with Crippen molar-refractivity contribution in [3.8, 4) is 67.3 Å². The Hall–Kier alpha value is -7.10. The average molecular weight is 677 g/mol. The van der Waals surface area contributed by atoms with Crippen LogP contribution in [0.5, 0.6) is 0 Å². The van der Waals surface area contributed by atoms with E-state index in [-0.39, 0.29) is 0 Å². The van der Waals surface area contributed by atoms with Crippen molar-refractivity contribution in [2.75, 3.05) is 0 Å². The van der Waals surface area contributed by atoms with Gasteiger partial charge in [0.25, 0.3) is 0 Å². The number of benzene rings is 8. The molecule has 8 aromatic carbocycles. The van der Waals surface area contributed by atoms with E-state index >= 15 is 0 Å². The molecule has 0 fully saturated rings. The van der Waals surface area contributed by atoms with E-state index in [2.05, 4.69) is 176 Å². The Morgan fingerprint density at radius 3 is 1.74 bits per heavy atom. The quantitative estimate of drug-likeness (QED) is 0.176. The molecule has 2 aromatic heterocycles. The zero-order valence-corrected chi connectivity index (χ0v) is 28.8. The van der Waals surface area contributed by atoms with E-state index < -0.39 is 0 Å². The molecule has 0 N–H and O–H groups in total. The molecule has 3 nitrogen and oxygen atoms in total. The first kappa shape index (κ1) is 30.7. The second-order valence-electron chi connectivity index (χ2n) is 13.4. The summed E-state index contributed by atoms with van der Waals surface area (Å²) in [5, 5.41) is 4.58. The highest BCUT2D eigenvalue weighted by Gasteiger charge is 2.17. The molecular formula is C50H32N2O. The molecule has 0 saturated carbocycles. The molecule has 10 aromatic rings. The Morgan fingerprint density at radius 2 is 0.906 bits per heavy atom. The Labute approximate surface area is 307 Å². The summed E-state index contributed by atoms with van der Waals surface area (Å²) in [6.07, 6.45) is 0. The van der Waals surface area contributed by atoms with Gasteiger partial charge in [-0.05, 0) is 81.1 Å². The molecular weight excluding hydrogens is 645 g/mol. The second kappa shape index (κ2) is 12.9. The molecule has 248 valence electrons. The van der Waals surface area contributed by atoms with Gasteiger partial charge in [0.05, 0.1) is 11.4 Å². The molecule has 0 spiro atoms. The van der Waals surface area contributed by atoms with Gasteiger partial charge in [-0.3, -0.25) is 0 Å². The van der Waals surface area contributed by atoms with Gasteiger partial charge in [-0.25, -0.2) is 9.97 Å². The average Bonchev–Trinajstić information content (AvgIpc) is 3.63. The highest BCUT2D eigenvalue weighted by molar-refractivity contribution is 6.09. The lowest BCUT2D eigenvalue weighted by Gasteiger charge is -2.14. The van der Waals surface area contributed by atoms with Crippen LogP contribution in [0.2, 0.25) is 0 Å². The Balaban J connectivity index is 1.21. The van der Waals surface area contributed by atoms with E-state index in [4.69, 9.17) is 14.4 Å². The molecule has 0 atom stereocenters. The Kier molecular flexibility index (Phi) is 7.47. The summed E-state index contributed by atoms with van der Waals surface area (Å²) in [6.45, 7) is 0. The third-order valence-corrected chi connectivity index (χ3v) is 10.1. The number of aromatic nitrogens is 2. The summed E-state index contributed by atoms with van der Waals surface area (Å²) in [5.41, 5.74) is 13.1. The molecule has 10 rings (SSSR count). The van der Waals surface area contributed by atoms with Crippen molar-refractivity contribution in [2.24, 2.45) is 0 Å². The van der Waals surface area contributed by atoms with Crippen molar-refractivity contribution in [3.63, 3.8) is 0 Å². The molecule has 0 aliphatic carbocycles. The molecule has 53 heavy (non-hydrogen) atoms. The molecule has 0 unspecified atom stereocenters. The van der Waals surface area contributed by atoms with E-state index in [1.165, 1.54) is 10.8 Å². The SMILES string of the molecule is c1ccc(-c2cccc(-c3nc(-c4cc(-c5ccccc5)cc(-c5cccc6c5oc5ccccc56)c4)cc(-c4ccc5ccccc5c4)n3)c2)cc1. The van der Waals surface area contributed by atoms with Crippen LogP contribution in [0.3, 0.4) is 0 Å². The fraction of sp³-hybridized carbons (Fsp3) is 0. The van der Waals surface area contributed by atoms with Crippen molar-refractivity contribution in [2.45, 2.75) is 0 Å². The van der Waals surface area contributed by atoms with Crippen LogP contribution in [-0.2, 0) is 0 Å². The van der Waals surface area contributed by atoms with Crippen LogP contribution in [0.25, 0.3) is 100.0 Å². The Bertz CT molecular complexity index is 2950. The predicted octanol–water partition coefficient (Wildman–Crippen LogP) is 13.5. The third kappa shape index (κ3) is 5.75. The molecule has 3 heteroatoms. The van der Waals surface area contributed by atoms with E-state index in [1.807, 2.05) is 18.2 Å². The summed E-state index contributed by atoms with van der Waals surface area (Å²) in [5.74, 6) is 0.675. The summed E-state index contributed by atoms with van der Waals surface area (Å²) < 4.78 is 6.54. The number of rotatable bonds is 6. The first-order valence-electron chi connectivity index (χ1n) is 17.9. The first-order chi connectivity index (χ1) is 26.2. The van der Waals surface area contributed by atoms with E-state index in [0.29, 0.717) is 5.82 Å². The van der Waals surface area contributed by atoms with Gasteiger partial charge in [-0.2, -0.15) is 0 Å². The molecule has 0 radical (unpaired) electrons. The van der Waals surface area contributed by atoms with Gasteiger partial charge in [-0.15, -0.1) is 0 Å². The standard InChI is InChI=1S/C50H32N2O/c1-3-13-33(14-4-1)37-19-11-20-39(28-37)50-51-46(38-26-25-35-17-7-8-18-36(35)27-38)32-47(52-50)42-30-40(34-15-5-2-6-16-34)29-41(31-42)43-22-12-23-45-44-21-9-10-24-48(44)53-49(43)45/h1-32H. The lowest BCUT2D eigenvalue weighted by atomic mass is 9.93. The van der Waals surface area contributed by atoms with E-state index in [1.54, 1.807) is 0 Å². The molecule has 0 saturated heterocycles. The fourth-order valence-electron chi connectivity index (χ4n) is 7.39. The van der Waals surface area contributed by atoms with Gasteiger partial charge in [0.15, 0.2) is 5.82 Å². The molecule has 0 aliphatic heterocycles. The molecule has 2 heterocycles. The highest BCUT2D eigenvalue weighted by atomic mass is 16.3. The summed E-state index contributed by atoms with van der Waals surface area (Å²) in [7, 11) is 0. The van der Waals surface area contributed by atoms with Crippen LogP contribution >= 0.6 is 0 Å². The lowest BCUT2D eigenvalue weighted by molar-refractivity contribution is 0.670. The molecule has 0 bridgehead atoms. The fourth-order valence-corrected chi connectivity index (χ4v) is 7.39. The van der Waals surface area contributed by atoms with Crippen LogP contribution in [0.4, 0.5) is 0 Å². The number of hydrogen-bond donors (Lipinski definition) is 0. The highest BCUT2D eigenvalue weighted by Crippen LogP contribution is 2.40. The summed E-state index contributed by atoms with van der Waals surface area (Å²) in [6, 6.07) is 68.1. The van der Waals surface area contributed by atoms with Gasteiger partial charge < -0.3 is 4.42 Å². The predicted molar refractivity (Wildman–Crippen MR) is 219 cm³/mol. The molecule has 0 amide bonds. The maximum atomic E-state index is 6.54. The van der Waals surface area contributed by atoms with Crippen LogP contribution in [0, 0.1) is 0 Å². The maximum Gasteiger partial charge on any atom is 0.160 e. The number of furan rings is 1. The zero-order chi connectivity index (χ0) is 35.1. The van der Waals surface area contributed by atoms with Gasteiger partial charge in [-0.1, -0.05) is 152 Å². The van der Waals surface area contributed by atoms with Crippen molar-refractivity contribution in [1.82, 2.24) is 9.97 Å². The van der Waals surface area contributed by atoms with E-state index in [9.17, 15) is 0 Å². The van der Waals surface area contributed by atoms with Crippen LogP contribution < -0.4 is 0 Å². The normalized spacial score (nSPS) is 11.4. The van der Waals surface area contributed by atoms with Gasteiger partial charge in [0.2, 0.25) is 0 Å². The van der Waals surface area contributed by atoms with Crippen molar-refractivity contribution in [3.05, 3.63) is 194 Å². The minimum absolute atomic E-state index is 0.675. The smallest absolute Gasteiger partial charge is 0.160 e. The number of nitrogens with zero attached hydrogens (tertiary/aromatic N) is 2. The lowest BCUT2D eigenvalue weighted by Crippen LogP contribution is -1.97. The van der Waals surface area contributed by atoms with Crippen molar-refractivity contribution in [1.29, 1.82) is 0 Å². The summed E-state index contributed by atoms with van der Waals surface area (Å²) in [4.78, 5) is 10.6. The first-order valence-corrected chi connectivity index (χ1v) is 17.9. The second-order valence-corrected chi connectivity index (χ2v) is 13.4.